The number of H-pyrrole nitrogens is 1. The highest BCUT2D eigenvalue weighted by Gasteiger charge is 2.18. The molecule has 1 atom stereocenters. The summed E-state index contributed by atoms with van der Waals surface area (Å²) in [6.07, 6.45) is 3.40. The molecule has 3 rings (SSSR count). The van der Waals surface area contributed by atoms with Crippen LogP contribution in [0.5, 0.6) is 5.75 Å². The molecule has 10 heteroatoms. The highest BCUT2D eigenvalue weighted by Crippen LogP contribution is 2.28. The predicted molar refractivity (Wildman–Crippen MR) is 118 cm³/mol. The van der Waals surface area contributed by atoms with Crippen LogP contribution in [-0.2, 0) is 0 Å². The van der Waals surface area contributed by atoms with Crippen molar-refractivity contribution in [2.24, 2.45) is 0 Å². The smallest absolute Gasteiger partial charge is 0.263 e. The zero-order chi connectivity index (χ0) is 21.7. The van der Waals surface area contributed by atoms with Crippen LogP contribution in [-0.4, -0.2) is 34.6 Å². The van der Waals surface area contributed by atoms with E-state index in [-0.39, 0.29) is 17.8 Å². The highest BCUT2D eigenvalue weighted by atomic mass is 79.9. The van der Waals surface area contributed by atoms with Gasteiger partial charge in [0, 0.05) is 18.9 Å². The Labute approximate surface area is 180 Å². The van der Waals surface area contributed by atoms with Crippen LogP contribution in [0.3, 0.4) is 0 Å². The van der Waals surface area contributed by atoms with Crippen LogP contribution in [0.1, 0.15) is 22.0 Å². The van der Waals surface area contributed by atoms with Crippen LogP contribution in [0.15, 0.2) is 58.2 Å². The lowest BCUT2D eigenvalue weighted by atomic mass is 10.1. The zero-order valence-electron chi connectivity index (χ0n) is 16.0. The van der Waals surface area contributed by atoms with Crippen LogP contribution in [0, 0.1) is 0 Å². The number of halogens is 1. The Morgan fingerprint density at radius 2 is 2.13 bits per heavy atom. The van der Waals surface area contributed by atoms with Crippen LogP contribution in [0.4, 0.5) is 17.1 Å². The third kappa shape index (κ3) is 4.78. The standard InChI is InChI=1S/C20H20BrN5O4/c1-30-17-3-2-11(8-12(17)21)16(27)10-25-14-5-7-24-19(28)18(14)20(29)26-15-9-23-6-4-13(15)22/h2-9,16,27H,10H2,1H3,(H2,22,23)(H,26,29)(H2,24,25,28). The second-order valence-corrected chi connectivity index (χ2v) is 7.16. The van der Waals surface area contributed by atoms with Crippen molar-refractivity contribution in [1.82, 2.24) is 9.97 Å². The molecule has 0 radical (unpaired) electrons. The molecule has 1 amide bonds. The van der Waals surface area contributed by atoms with Crippen LogP contribution < -0.4 is 26.7 Å². The van der Waals surface area contributed by atoms with E-state index in [0.29, 0.717) is 27.2 Å². The summed E-state index contributed by atoms with van der Waals surface area (Å²) in [5.74, 6) is -0.0112. The number of nitrogens with zero attached hydrogens (tertiary/aromatic N) is 1. The Bertz CT molecular complexity index is 1120. The van der Waals surface area contributed by atoms with Gasteiger partial charge in [-0.2, -0.15) is 0 Å². The maximum Gasteiger partial charge on any atom is 0.263 e. The summed E-state index contributed by atoms with van der Waals surface area (Å²) in [7, 11) is 1.55. The van der Waals surface area contributed by atoms with Gasteiger partial charge in [0.2, 0.25) is 0 Å². The number of aliphatic hydroxyl groups excluding tert-OH is 1. The maximum atomic E-state index is 12.7. The van der Waals surface area contributed by atoms with Gasteiger partial charge in [0.1, 0.15) is 11.3 Å². The quantitative estimate of drug-likeness (QED) is 0.354. The number of carbonyl (C=O) groups excluding carboxylic acids is 1. The summed E-state index contributed by atoms with van der Waals surface area (Å²) in [5, 5.41) is 16.0. The van der Waals surface area contributed by atoms with E-state index in [1.54, 1.807) is 31.4 Å². The molecule has 0 spiro atoms. The lowest BCUT2D eigenvalue weighted by molar-refractivity contribution is 0.102. The number of aromatic amines is 1. The SMILES string of the molecule is COc1ccc(C(O)CNc2cc[nH]c(=O)c2C(=O)Nc2cnccc2N)cc1Br. The number of aliphatic hydroxyl groups is 1. The Hall–Kier alpha value is -3.37. The van der Waals surface area contributed by atoms with E-state index < -0.39 is 17.6 Å². The van der Waals surface area contributed by atoms with Gasteiger partial charge in [-0.25, -0.2) is 0 Å². The van der Waals surface area contributed by atoms with Crippen molar-refractivity contribution < 1.29 is 14.6 Å². The van der Waals surface area contributed by atoms with E-state index in [4.69, 9.17) is 10.5 Å². The average Bonchev–Trinajstić information content (AvgIpc) is 2.73. The Morgan fingerprint density at radius 3 is 2.83 bits per heavy atom. The first-order valence-corrected chi connectivity index (χ1v) is 9.68. The molecule has 0 fully saturated rings. The van der Waals surface area contributed by atoms with Crippen molar-refractivity contribution >= 4 is 38.9 Å². The van der Waals surface area contributed by atoms with Gasteiger partial charge in [0.25, 0.3) is 11.5 Å². The van der Waals surface area contributed by atoms with Crippen LogP contribution >= 0.6 is 15.9 Å². The molecule has 6 N–H and O–H groups in total. The minimum atomic E-state index is -0.892. The molecule has 0 saturated carbocycles. The molecule has 30 heavy (non-hydrogen) atoms. The fraction of sp³-hybridized carbons (Fsp3) is 0.150. The molecule has 0 aliphatic heterocycles. The molecule has 3 aromatic rings. The number of methoxy groups -OCH3 is 1. The number of amides is 1. The minimum Gasteiger partial charge on any atom is -0.496 e. The number of pyridine rings is 2. The van der Waals surface area contributed by atoms with Crippen LogP contribution in [0.2, 0.25) is 0 Å². The first kappa shape index (κ1) is 21.3. The molecule has 1 aromatic carbocycles. The number of carbonyl (C=O) groups is 1. The van der Waals surface area contributed by atoms with Crippen molar-refractivity contribution in [3.8, 4) is 5.75 Å². The van der Waals surface area contributed by atoms with Gasteiger partial charge in [-0.15, -0.1) is 0 Å². The number of hydrogen-bond donors (Lipinski definition) is 5. The Balaban J connectivity index is 1.78. The zero-order valence-corrected chi connectivity index (χ0v) is 17.6. The van der Waals surface area contributed by atoms with E-state index in [0.717, 1.165) is 0 Å². The Morgan fingerprint density at radius 1 is 1.33 bits per heavy atom. The van der Waals surface area contributed by atoms with Gasteiger partial charge in [-0.05, 0) is 45.8 Å². The number of aromatic nitrogens is 2. The van der Waals surface area contributed by atoms with E-state index in [9.17, 15) is 14.7 Å². The summed E-state index contributed by atoms with van der Waals surface area (Å²) in [6.45, 7) is 0.0670. The van der Waals surface area contributed by atoms with Crippen molar-refractivity contribution in [1.29, 1.82) is 0 Å². The number of rotatable bonds is 7. The number of ether oxygens (including phenoxy) is 1. The lowest BCUT2D eigenvalue weighted by Crippen LogP contribution is -2.26. The summed E-state index contributed by atoms with van der Waals surface area (Å²) in [5.41, 5.74) is 6.61. The third-order valence-electron chi connectivity index (χ3n) is 4.34. The van der Waals surface area contributed by atoms with Gasteiger partial charge < -0.3 is 31.2 Å². The second kappa shape index (κ2) is 9.42. The van der Waals surface area contributed by atoms with Gasteiger partial charge in [-0.1, -0.05) is 6.07 Å². The fourth-order valence-corrected chi connectivity index (χ4v) is 3.32. The van der Waals surface area contributed by atoms with E-state index in [2.05, 4.69) is 36.5 Å². The number of benzene rings is 1. The van der Waals surface area contributed by atoms with Crippen LogP contribution in [0.25, 0.3) is 0 Å². The normalized spacial score (nSPS) is 11.6. The number of nitrogen functional groups attached to an aromatic ring is 1. The molecule has 9 nitrogen and oxygen atoms in total. The topological polar surface area (TPSA) is 142 Å². The van der Waals surface area contributed by atoms with Gasteiger partial charge in [0.15, 0.2) is 0 Å². The average molecular weight is 474 g/mol. The largest absolute Gasteiger partial charge is 0.496 e. The molecule has 156 valence electrons. The van der Waals surface area contributed by atoms with Crippen molar-refractivity contribution in [2.45, 2.75) is 6.10 Å². The number of hydrogen-bond acceptors (Lipinski definition) is 7. The number of anilines is 3. The monoisotopic (exact) mass is 473 g/mol. The first-order valence-electron chi connectivity index (χ1n) is 8.88. The molecule has 2 heterocycles. The predicted octanol–water partition coefficient (Wildman–Crippen LogP) is 2.52. The van der Waals surface area contributed by atoms with Gasteiger partial charge in [0.05, 0.1) is 40.9 Å². The highest BCUT2D eigenvalue weighted by molar-refractivity contribution is 9.10. The van der Waals surface area contributed by atoms with Crippen molar-refractivity contribution in [2.75, 3.05) is 30.0 Å². The van der Waals surface area contributed by atoms with E-state index >= 15 is 0 Å². The molecule has 0 aliphatic carbocycles. The summed E-state index contributed by atoms with van der Waals surface area (Å²) in [4.78, 5) is 31.4. The second-order valence-electron chi connectivity index (χ2n) is 6.30. The molecule has 0 aliphatic rings. The first-order chi connectivity index (χ1) is 14.4. The molecule has 0 bridgehead atoms. The fourth-order valence-electron chi connectivity index (χ4n) is 2.76. The molecule has 2 aromatic heterocycles. The number of nitrogens with two attached hydrogens (primary N) is 1. The molecular weight excluding hydrogens is 454 g/mol. The molecular formula is C20H20BrN5O4. The maximum absolute atomic E-state index is 12.7. The van der Waals surface area contributed by atoms with E-state index in [1.165, 1.54) is 24.7 Å². The number of nitrogens with one attached hydrogen (secondary N) is 3. The Kier molecular flexibility index (Phi) is 6.70. The lowest BCUT2D eigenvalue weighted by Gasteiger charge is -2.16. The van der Waals surface area contributed by atoms with E-state index in [1.807, 2.05) is 0 Å². The molecule has 1 unspecified atom stereocenters. The summed E-state index contributed by atoms with van der Waals surface area (Å²) < 4.78 is 5.88. The van der Waals surface area contributed by atoms with Crippen molar-refractivity contribution in [3.05, 3.63) is 74.9 Å². The van der Waals surface area contributed by atoms with Gasteiger partial charge in [-0.3, -0.25) is 14.6 Å². The van der Waals surface area contributed by atoms with Crippen molar-refractivity contribution in [3.63, 3.8) is 0 Å². The summed E-state index contributed by atoms with van der Waals surface area (Å²) >= 11 is 3.38. The minimum absolute atomic E-state index is 0.0670. The third-order valence-corrected chi connectivity index (χ3v) is 4.96. The summed E-state index contributed by atoms with van der Waals surface area (Å²) in [6, 6.07) is 8.27. The molecule has 0 saturated heterocycles. The van der Waals surface area contributed by atoms with Gasteiger partial charge >= 0.3 is 0 Å².